The number of nitrogens with one attached hydrogen (secondary N) is 3. The second-order valence-corrected chi connectivity index (χ2v) is 10.7. The van der Waals surface area contributed by atoms with E-state index in [0.717, 1.165) is 33.4 Å². The first-order valence-corrected chi connectivity index (χ1v) is 13.2. The highest BCUT2D eigenvalue weighted by atomic mass is 79.9. The minimum atomic E-state index is 0.0211. The smallest absolute Gasteiger partial charge is 0.191 e. The number of halogens is 2. The predicted octanol–water partition coefficient (Wildman–Crippen LogP) is 6.65. The zero-order chi connectivity index (χ0) is 24.4. The lowest BCUT2D eigenvalue weighted by atomic mass is 10.1. The highest BCUT2D eigenvalue weighted by molar-refractivity contribution is 9.11. The Morgan fingerprint density at radius 3 is 2.46 bits per heavy atom. The van der Waals surface area contributed by atoms with Crippen LogP contribution in [0.2, 0.25) is 0 Å². The van der Waals surface area contributed by atoms with E-state index in [-0.39, 0.29) is 11.5 Å². The molecular formula is C28H26Br2N4O. The monoisotopic (exact) mass is 592 g/mol. The minimum absolute atomic E-state index is 0.0211. The van der Waals surface area contributed by atoms with Gasteiger partial charge in [0.15, 0.2) is 5.43 Å². The summed E-state index contributed by atoms with van der Waals surface area (Å²) in [4.78, 5) is 15.7. The minimum Gasteiger partial charge on any atom is -0.370 e. The van der Waals surface area contributed by atoms with Gasteiger partial charge in [0.2, 0.25) is 0 Å². The zero-order valence-corrected chi connectivity index (χ0v) is 22.5. The fourth-order valence-electron chi connectivity index (χ4n) is 4.41. The third-order valence-electron chi connectivity index (χ3n) is 6.12. The molecular weight excluding hydrogens is 568 g/mol. The number of para-hydroxylation sites is 2. The van der Waals surface area contributed by atoms with Gasteiger partial charge in [0, 0.05) is 63.2 Å². The zero-order valence-electron chi connectivity index (χ0n) is 19.3. The molecule has 5 nitrogen and oxygen atoms in total. The molecule has 3 N–H and O–H groups in total. The van der Waals surface area contributed by atoms with E-state index >= 15 is 0 Å². The number of benzene rings is 3. The molecule has 0 fully saturated rings. The van der Waals surface area contributed by atoms with Gasteiger partial charge in [-0.05, 0) is 54.4 Å². The Hall–Kier alpha value is -2.87. The number of hydrogen-bond donors (Lipinski definition) is 3. The van der Waals surface area contributed by atoms with Crippen LogP contribution in [-0.4, -0.2) is 22.1 Å². The number of fused-ring (bicyclic) bond motifs is 2. The van der Waals surface area contributed by atoms with Crippen LogP contribution in [-0.2, 0) is 13.1 Å². The molecule has 0 radical (unpaired) electrons. The second-order valence-electron chi connectivity index (χ2n) is 8.83. The van der Waals surface area contributed by atoms with Gasteiger partial charge in [0.1, 0.15) is 5.82 Å². The van der Waals surface area contributed by atoms with Crippen LogP contribution in [0.3, 0.4) is 0 Å². The van der Waals surface area contributed by atoms with E-state index in [2.05, 4.69) is 108 Å². The molecule has 0 aliphatic heterocycles. The van der Waals surface area contributed by atoms with Crippen molar-refractivity contribution in [1.82, 2.24) is 14.9 Å². The van der Waals surface area contributed by atoms with Crippen molar-refractivity contribution < 1.29 is 0 Å². The maximum absolute atomic E-state index is 12.4. The number of hydrogen-bond acceptors (Lipinski definition) is 3. The number of H-pyrrole nitrogens is 1. The molecule has 0 spiro atoms. The molecule has 35 heavy (non-hydrogen) atoms. The van der Waals surface area contributed by atoms with Crippen LogP contribution in [0.4, 0.5) is 5.82 Å². The number of pyridine rings is 1. The van der Waals surface area contributed by atoms with Crippen molar-refractivity contribution in [3.8, 4) is 0 Å². The van der Waals surface area contributed by atoms with E-state index in [1.54, 1.807) is 6.07 Å². The standard InChI is InChI=1S/C28H26Br2N4O/c1-18(14-32-28-13-27(35)24-7-2-4-8-25(24)33-28)31-15-20-17-34(26-9-5-3-6-23(20)26)16-19-10-21(29)12-22(30)11-19/h2-13,17-18,31H,14-16H2,1H3,(H2,32,33,35). The SMILES string of the molecule is CC(CNc1cc(=O)c2ccccc2[nH]1)NCc1cn(Cc2cc(Br)cc(Br)c2)c2ccccc12. The number of nitrogens with zero attached hydrogens (tertiary/aromatic N) is 1. The first-order chi connectivity index (χ1) is 17.0. The number of rotatable bonds is 8. The molecule has 0 aliphatic carbocycles. The average Bonchev–Trinajstić information content (AvgIpc) is 3.18. The van der Waals surface area contributed by atoms with Crippen LogP contribution in [0, 0.1) is 0 Å². The first kappa shape index (κ1) is 23.9. The van der Waals surface area contributed by atoms with Crippen molar-refractivity contribution in [2.75, 3.05) is 11.9 Å². The lowest BCUT2D eigenvalue weighted by Gasteiger charge is -2.15. The fraction of sp³-hybridized carbons (Fsp3) is 0.179. The third kappa shape index (κ3) is 5.53. The molecule has 0 aliphatic rings. The van der Waals surface area contributed by atoms with Gasteiger partial charge in [-0.15, -0.1) is 0 Å². The maximum Gasteiger partial charge on any atom is 0.191 e. The van der Waals surface area contributed by atoms with E-state index < -0.39 is 0 Å². The van der Waals surface area contributed by atoms with Gasteiger partial charge < -0.3 is 20.2 Å². The molecule has 1 atom stereocenters. The molecule has 0 saturated heterocycles. The summed E-state index contributed by atoms with van der Waals surface area (Å²) in [7, 11) is 0. The molecule has 5 rings (SSSR count). The van der Waals surface area contributed by atoms with Crippen molar-refractivity contribution in [3.63, 3.8) is 0 Å². The van der Waals surface area contributed by atoms with Crippen molar-refractivity contribution in [2.45, 2.75) is 26.1 Å². The van der Waals surface area contributed by atoms with Crippen LogP contribution in [0.15, 0.2) is 92.7 Å². The number of aromatic amines is 1. The largest absolute Gasteiger partial charge is 0.370 e. The second kappa shape index (κ2) is 10.4. The van der Waals surface area contributed by atoms with Gasteiger partial charge in [-0.2, -0.15) is 0 Å². The lowest BCUT2D eigenvalue weighted by molar-refractivity contribution is 0.568. The van der Waals surface area contributed by atoms with E-state index in [9.17, 15) is 4.79 Å². The average molecular weight is 594 g/mol. The molecule has 178 valence electrons. The summed E-state index contributed by atoms with van der Waals surface area (Å²) >= 11 is 7.19. The maximum atomic E-state index is 12.4. The number of aromatic nitrogens is 2. The Morgan fingerprint density at radius 1 is 0.943 bits per heavy atom. The summed E-state index contributed by atoms with van der Waals surface area (Å²) in [5.74, 6) is 0.735. The van der Waals surface area contributed by atoms with Gasteiger partial charge in [0.25, 0.3) is 0 Å². The van der Waals surface area contributed by atoms with E-state index in [1.165, 1.54) is 22.0 Å². The molecule has 2 heterocycles. The van der Waals surface area contributed by atoms with Crippen molar-refractivity contribution in [3.05, 3.63) is 109 Å². The predicted molar refractivity (Wildman–Crippen MR) is 152 cm³/mol. The highest BCUT2D eigenvalue weighted by Gasteiger charge is 2.11. The summed E-state index contributed by atoms with van der Waals surface area (Å²) < 4.78 is 4.44. The van der Waals surface area contributed by atoms with Crippen molar-refractivity contribution in [2.24, 2.45) is 0 Å². The van der Waals surface area contributed by atoms with Gasteiger partial charge in [-0.25, -0.2) is 0 Å². The van der Waals surface area contributed by atoms with Gasteiger partial charge in [-0.1, -0.05) is 62.2 Å². The van der Waals surface area contributed by atoms with Crippen LogP contribution < -0.4 is 16.1 Å². The molecule has 3 aromatic carbocycles. The quantitative estimate of drug-likeness (QED) is 0.189. The van der Waals surface area contributed by atoms with Crippen LogP contribution in [0.25, 0.3) is 21.8 Å². The molecule has 1 unspecified atom stereocenters. The fourth-order valence-corrected chi connectivity index (χ4v) is 5.79. The summed E-state index contributed by atoms with van der Waals surface area (Å²) in [5.41, 5.74) is 4.58. The van der Waals surface area contributed by atoms with Crippen molar-refractivity contribution >= 4 is 59.5 Å². The Bertz CT molecular complexity index is 1540. The van der Waals surface area contributed by atoms with Crippen LogP contribution in [0.1, 0.15) is 18.1 Å². The van der Waals surface area contributed by atoms with Gasteiger partial charge in [-0.3, -0.25) is 4.79 Å². The molecule has 0 amide bonds. The van der Waals surface area contributed by atoms with E-state index in [0.29, 0.717) is 11.9 Å². The highest BCUT2D eigenvalue weighted by Crippen LogP contribution is 2.25. The molecule has 2 aromatic heterocycles. The van der Waals surface area contributed by atoms with Gasteiger partial charge in [0.05, 0.1) is 5.52 Å². The lowest BCUT2D eigenvalue weighted by Crippen LogP contribution is -2.32. The molecule has 0 saturated carbocycles. The Kier molecular flexibility index (Phi) is 7.09. The Morgan fingerprint density at radius 2 is 1.66 bits per heavy atom. The normalized spacial score (nSPS) is 12.3. The topological polar surface area (TPSA) is 61.9 Å². The number of anilines is 1. The van der Waals surface area contributed by atoms with Crippen LogP contribution in [0.5, 0.6) is 0 Å². The molecule has 7 heteroatoms. The summed E-state index contributed by atoms with van der Waals surface area (Å²) in [5, 5.41) is 8.95. The summed E-state index contributed by atoms with van der Waals surface area (Å²) in [6, 6.07) is 24.3. The van der Waals surface area contributed by atoms with Crippen LogP contribution >= 0.6 is 31.9 Å². The van der Waals surface area contributed by atoms with Gasteiger partial charge >= 0.3 is 0 Å². The Labute approximate surface area is 220 Å². The molecule has 5 aromatic rings. The summed E-state index contributed by atoms with van der Waals surface area (Å²) in [6.45, 7) is 4.39. The first-order valence-electron chi connectivity index (χ1n) is 11.6. The van der Waals surface area contributed by atoms with E-state index in [4.69, 9.17) is 0 Å². The van der Waals surface area contributed by atoms with Crippen molar-refractivity contribution in [1.29, 1.82) is 0 Å². The molecule has 0 bridgehead atoms. The Balaban J connectivity index is 1.27. The summed E-state index contributed by atoms with van der Waals surface area (Å²) in [6.07, 6.45) is 2.24. The van der Waals surface area contributed by atoms with E-state index in [1.807, 2.05) is 24.3 Å². The third-order valence-corrected chi connectivity index (χ3v) is 7.04.